The molecule has 0 radical (unpaired) electrons. The fourth-order valence-electron chi connectivity index (χ4n) is 3.13. The van der Waals surface area contributed by atoms with Crippen molar-refractivity contribution in [3.05, 3.63) is 53.5 Å². The van der Waals surface area contributed by atoms with E-state index in [1.54, 1.807) is 37.1 Å². The Hall–Kier alpha value is -3.65. The Balaban J connectivity index is 1.68. The van der Waals surface area contributed by atoms with Crippen molar-refractivity contribution < 1.29 is 19.5 Å². The maximum atomic E-state index is 10.7. The Morgan fingerprint density at radius 2 is 2.19 bits per heavy atom. The van der Waals surface area contributed by atoms with E-state index in [1.807, 2.05) is 18.2 Å². The summed E-state index contributed by atoms with van der Waals surface area (Å²) in [6.45, 7) is 3.31. The van der Waals surface area contributed by atoms with Gasteiger partial charge in [0, 0.05) is 17.8 Å². The molecule has 0 bridgehead atoms. The molecule has 10 nitrogen and oxygen atoms in total. The van der Waals surface area contributed by atoms with Gasteiger partial charge in [-0.15, -0.1) is 0 Å². The summed E-state index contributed by atoms with van der Waals surface area (Å²) in [6, 6.07) is 8.88. The third-order valence-corrected chi connectivity index (χ3v) is 4.62. The lowest BCUT2D eigenvalue weighted by Gasteiger charge is -2.25. The van der Waals surface area contributed by atoms with E-state index in [2.05, 4.69) is 32.3 Å². The van der Waals surface area contributed by atoms with Crippen molar-refractivity contribution in [1.82, 2.24) is 15.1 Å². The van der Waals surface area contributed by atoms with Crippen molar-refractivity contribution in [3.63, 3.8) is 0 Å². The number of aliphatic hydroxyl groups is 2. The van der Waals surface area contributed by atoms with Crippen LogP contribution in [0.3, 0.4) is 0 Å². The number of fused-ring (bicyclic) bond motifs is 1. The number of hydrogen-bond donors (Lipinski definition) is 4. The zero-order valence-corrected chi connectivity index (χ0v) is 17.0. The number of hydrogen-bond acceptors (Lipinski definition) is 10. The lowest BCUT2D eigenvalue weighted by Crippen LogP contribution is -2.36. The first-order valence-electron chi connectivity index (χ1n) is 9.57. The van der Waals surface area contributed by atoms with E-state index >= 15 is 0 Å². The van der Waals surface area contributed by atoms with Crippen molar-refractivity contribution in [2.24, 2.45) is 0 Å². The van der Waals surface area contributed by atoms with Gasteiger partial charge in [-0.05, 0) is 38.1 Å². The minimum Gasteiger partial charge on any atom is -0.394 e. The van der Waals surface area contributed by atoms with Gasteiger partial charge in [-0.25, -0.2) is 4.98 Å². The molecule has 0 saturated carbocycles. The van der Waals surface area contributed by atoms with Crippen LogP contribution in [0, 0.1) is 18.8 Å². The van der Waals surface area contributed by atoms with Gasteiger partial charge < -0.3 is 30.5 Å². The molecule has 0 amide bonds. The fourth-order valence-corrected chi connectivity index (χ4v) is 3.13. The van der Waals surface area contributed by atoms with Crippen LogP contribution in [0.4, 0.5) is 23.1 Å². The predicted octanol–water partition coefficient (Wildman–Crippen LogP) is 1.47. The summed E-state index contributed by atoms with van der Waals surface area (Å²) >= 11 is 0. The van der Waals surface area contributed by atoms with Gasteiger partial charge in [-0.3, -0.25) is 4.90 Å². The zero-order valence-electron chi connectivity index (χ0n) is 17.0. The van der Waals surface area contributed by atoms with Crippen LogP contribution in [-0.2, 0) is 10.3 Å². The molecule has 10 heteroatoms. The maximum Gasteiger partial charge on any atom is 0.221 e. The number of nitrogens with zero attached hydrogens (tertiary/aromatic N) is 4. The Bertz CT molecular complexity index is 1150. The third-order valence-electron chi connectivity index (χ3n) is 4.62. The molecule has 1 aliphatic heterocycles. The number of nitrogens with two attached hydrogens (primary N) is 1. The summed E-state index contributed by atoms with van der Waals surface area (Å²) in [6.07, 6.45) is 0.959. The smallest absolute Gasteiger partial charge is 0.221 e. The highest BCUT2D eigenvalue weighted by molar-refractivity contribution is 5.82. The SMILES string of the molecule is Cc1cc(C(C)(O)C#Cc2ccc3c(c2)N(c2ccnc(N)n2)C(OCCO)N3)no1. The van der Waals surface area contributed by atoms with E-state index in [0.717, 1.165) is 11.4 Å². The summed E-state index contributed by atoms with van der Waals surface area (Å²) in [7, 11) is 0. The minimum atomic E-state index is -1.47. The van der Waals surface area contributed by atoms with E-state index in [-0.39, 0.29) is 19.2 Å². The van der Waals surface area contributed by atoms with E-state index in [0.29, 0.717) is 22.8 Å². The molecule has 0 fully saturated rings. The standard InChI is InChI=1S/C21H22N6O4/c1-13-11-17(26-31-13)21(2,29)7-5-14-3-4-15-16(12-14)27(20(24-15)30-10-9-28)18-6-8-23-19(22)25-18/h3-4,6,8,11-12,20,24,28-29H,9-10H2,1-2H3,(H2,22,23,25). The fraction of sp³-hybridized carbons (Fsp3) is 0.286. The molecule has 2 unspecified atom stereocenters. The number of nitrogen functional groups attached to an aromatic ring is 1. The van der Waals surface area contributed by atoms with Gasteiger partial charge in [-0.2, -0.15) is 4.98 Å². The number of ether oxygens (including phenoxy) is 1. The van der Waals surface area contributed by atoms with Crippen molar-refractivity contribution >= 4 is 23.1 Å². The lowest BCUT2D eigenvalue weighted by molar-refractivity contribution is 0.0505. The number of benzene rings is 1. The molecule has 31 heavy (non-hydrogen) atoms. The molecule has 1 aliphatic rings. The maximum absolute atomic E-state index is 10.7. The van der Waals surface area contributed by atoms with Crippen LogP contribution in [0.1, 0.15) is 23.9 Å². The second kappa shape index (κ2) is 8.23. The molecule has 0 aliphatic carbocycles. The number of aliphatic hydroxyl groups excluding tert-OH is 1. The van der Waals surface area contributed by atoms with Gasteiger partial charge in [0.15, 0.2) is 5.60 Å². The first kappa shape index (κ1) is 20.6. The van der Waals surface area contributed by atoms with Crippen molar-refractivity contribution in [2.45, 2.75) is 25.8 Å². The van der Waals surface area contributed by atoms with Crippen LogP contribution in [0.5, 0.6) is 0 Å². The molecular weight excluding hydrogens is 400 g/mol. The summed E-state index contributed by atoms with van der Waals surface area (Å²) in [5.41, 5.74) is 6.85. The summed E-state index contributed by atoms with van der Waals surface area (Å²) in [5.74, 6) is 7.07. The molecule has 2 atom stereocenters. The molecule has 1 aromatic carbocycles. The molecule has 3 aromatic rings. The Kier molecular flexibility index (Phi) is 5.48. The van der Waals surface area contributed by atoms with Crippen molar-refractivity contribution in [3.8, 4) is 11.8 Å². The molecule has 0 spiro atoms. The monoisotopic (exact) mass is 422 g/mol. The Labute approximate surface area is 178 Å². The van der Waals surface area contributed by atoms with Crippen LogP contribution >= 0.6 is 0 Å². The van der Waals surface area contributed by atoms with Crippen LogP contribution < -0.4 is 16.0 Å². The van der Waals surface area contributed by atoms with Crippen LogP contribution in [0.15, 0.2) is 41.1 Å². The number of anilines is 4. The van der Waals surface area contributed by atoms with Crippen LogP contribution in [0.2, 0.25) is 0 Å². The highest BCUT2D eigenvalue weighted by Crippen LogP contribution is 2.40. The Morgan fingerprint density at radius 1 is 1.35 bits per heavy atom. The van der Waals surface area contributed by atoms with E-state index in [4.69, 9.17) is 20.1 Å². The molecule has 160 valence electrons. The highest BCUT2D eigenvalue weighted by Gasteiger charge is 2.32. The largest absolute Gasteiger partial charge is 0.394 e. The topological polar surface area (TPSA) is 143 Å². The molecule has 2 aromatic heterocycles. The molecule has 4 rings (SSSR count). The second-order valence-electron chi connectivity index (χ2n) is 7.11. The van der Waals surface area contributed by atoms with E-state index < -0.39 is 12.0 Å². The summed E-state index contributed by atoms with van der Waals surface area (Å²) < 4.78 is 10.8. The third kappa shape index (κ3) is 4.29. The Morgan fingerprint density at radius 3 is 2.90 bits per heavy atom. The summed E-state index contributed by atoms with van der Waals surface area (Å²) in [4.78, 5) is 10.0. The highest BCUT2D eigenvalue weighted by atomic mass is 16.5. The van der Waals surface area contributed by atoms with E-state index in [9.17, 15) is 5.11 Å². The number of nitrogens with one attached hydrogen (secondary N) is 1. The van der Waals surface area contributed by atoms with Gasteiger partial charge in [0.1, 0.15) is 17.3 Å². The quantitative estimate of drug-likeness (QED) is 0.446. The zero-order chi connectivity index (χ0) is 22.0. The molecule has 3 heterocycles. The van der Waals surface area contributed by atoms with Gasteiger partial charge in [0.05, 0.1) is 24.6 Å². The first-order valence-corrected chi connectivity index (χ1v) is 9.57. The van der Waals surface area contributed by atoms with Gasteiger partial charge >= 0.3 is 0 Å². The van der Waals surface area contributed by atoms with Crippen molar-refractivity contribution in [2.75, 3.05) is 29.2 Å². The number of aromatic nitrogens is 3. The average Bonchev–Trinajstić information content (AvgIpc) is 3.34. The summed E-state index contributed by atoms with van der Waals surface area (Å²) in [5, 5.41) is 26.9. The van der Waals surface area contributed by atoms with Gasteiger partial charge in [0.25, 0.3) is 0 Å². The first-order chi connectivity index (χ1) is 14.9. The minimum absolute atomic E-state index is 0.123. The molecule has 5 N–H and O–H groups in total. The normalized spacial score (nSPS) is 16.8. The van der Waals surface area contributed by atoms with Gasteiger partial charge in [0.2, 0.25) is 12.3 Å². The van der Waals surface area contributed by atoms with Crippen LogP contribution in [0.25, 0.3) is 0 Å². The average molecular weight is 422 g/mol. The van der Waals surface area contributed by atoms with E-state index in [1.165, 1.54) is 0 Å². The second-order valence-corrected chi connectivity index (χ2v) is 7.11. The predicted molar refractivity (Wildman–Crippen MR) is 113 cm³/mol. The number of aryl methyl sites for hydroxylation is 1. The number of rotatable bonds is 5. The molecule has 0 saturated heterocycles. The van der Waals surface area contributed by atoms with Crippen molar-refractivity contribution in [1.29, 1.82) is 0 Å². The molecular formula is C21H22N6O4. The van der Waals surface area contributed by atoms with Crippen LogP contribution in [-0.4, -0.2) is 44.9 Å². The lowest BCUT2D eigenvalue weighted by atomic mass is 10.0. The van der Waals surface area contributed by atoms with Gasteiger partial charge in [-0.1, -0.05) is 17.0 Å².